The first-order valence-electron chi connectivity index (χ1n) is 5.83. The van der Waals surface area contributed by atoms with Crippen molar-refractivity contribution in [3.63, 3.8) is 0 Å². The van der Waals surface area contributed by atoms with E-state index < -0.39 is 0 Å². The van der Waals surface area contributed by atoms with Gasteiger partial charge in [0, 0.05) is 22.7 Å². The number of halogens is 1. The van der Waals surface area contributed by atoms with Crippen molar-refractivity contribution in [3.05, 3.63) is 29.6 Å². The summed E-state index contributed by atoms with van der Waals surface area (Å²) in [5, 5.41) is 3.81. The Labute approximate surface area is 101 Å². The van der Waals surface area contributed by atoms with Gasteiger partial charge in [-0.2, -0.15) is 0 Å². The van der Waals surface area contributed by atoms with E-state index in [1.165, 1.54) is 12.8 Å². The molecule has 0 aromatic heterocycles. The molecule has 1 aliphatic rings. The van der Waals surface area contributed by atoms with Crippen LogP contribution in [0, 0.1) is 5.82 Å². The van der Waals surface area contributed by atoms with Gasteiger partial charge in [-0.25, -0.2) is 4.39 Å². The monoisotopic (exact) mass is 239 g/mol. The van der Waals surface area contributed by atoms with Crippen molar-refractivity contribution < 1.29 is 4.39 Å². The van der Waals surface area contributed by atoms with Gasteiger partial charge < -0.3 is 5.32 Å². The molecule has 16 heavy (non-hydrogen) atoms. The minimum atomic E-state index is -0.0891. The zero-order valence-corrected chi connectivity index (χ0v) is 10.6. The Morgan fingerprint density at radius 2 is 2.19 bits per heavy atom. The molecular formula is C13H18FNS. The molecule has 0 saturated heterocycles. The third kappa shape index (κ3) is 3.49. The number of thioether (sulfide) groups is 1. The molecule has 1 aliphatic carbocycles. The molecule has 88 valence electrons. The van der Waals surface area contributed by atoms with E-state index in [2.05, 4.69) is 19.2 Å². The SMILES string of the molecule is CC(C)Sc1ccc(CNC2CC2)cc1F. The highest BCUT2D eigenvalue weighted by Gasteiger charge is 2.20. The van der Waals surface area contributed by atoms with Gasteiger partial charge in [-0.15, -0.1) is 11.8 Å². The predicted octanol–water partition coefficient (Wildman–Crippen LogP) is 3.58. The molecule has 0 aliphatic heterocycles. The Bertz CT molecular complexity index is 361. The molecular weight excluding hydrogens is 221 g/mol. The van der Waals surface area contributed by atoms with Crippen molar-refractivity contribution >= 4 is 11.8 Å². The molecule has 0 atom stereocenters. The van der Waals surface area contributed by atoms with Crippen LogP contribution in [0.4, 0.5) is 4.39 Å². The number of rotatable bonds is 5. The van der Waals surface area contributed by atoms with Crippen LogP contribution < -0.4 is 5.32 Å². The van der Waals surface area contributed by atoms with Crippen molar-refractivity contribution in [2.45, 2.75) is 49.4 Å². The lowest BCUT2D eigenvalue weighted by Crippen LogP contribution is -2.15. The molecule has 1 nitrogen and oxygen atoms in total. The maximum Gasteiger partial charge on any atom is 0.137 e. The average molecular weight is 239 g/mol. The van der Waals surface area contributed by atoms with Crippen LogP contribution in [-0.4, -0.2) is 11.3 Å². The van der Waals surface area contributed by atoms with E-state index in [9.17, 15) is 4.39 Å². The van der Waals surface area contributed by atoms with Crippen LogP contribution in [0.25, 0.3) is 0 Å². The Balaban J connectivity index is 1.97. The van der Waals surface area contributed by atoms with Crippen LogP contribution in [0.1, 0.15) is 32.3 Å². The molecule has 0 heterocycles. The zero-order chi connectivity index (χ0) is 11.5. The van der Waals surface area contributed by atoms with Gasteiger partial charge in [0.1, 0.15) is 5.82 Å². The standard InChI is InChI=1S/C13H18FNS/c1-9(2)16-13-6-3-10(7-12(13)14)8-15-11-4-5-11/h3,6-7,9,11,15H,4-5,8H2,1-2H3. The summed E-state index contributed by atoms with van der Waals surface area (Å²) in [7, 11) is 0. The lowest BCUT2D eigenvalue weighted by molar-refractivity contribution is 0.595. The summed E-state index contributed by atoms with van der Waals surface area (Å²) >= 11 is 1.58. The number of nitrogens with one attached hydrogen (secondary N) is 1. The van der Waals surface area contributed by atoms with Gasteiger partial charge in [0.05, 0.1) is 0 Å². The summed E-state index contributed by atoms with van der Waals surface area (Å²) in [6.07, 6.45) is 2.54. The van der Waals surface area contributed by atoms with Crippen molar-refractivity contribution in [1.29, 1.82) is 0 Å². The molecule has 1 saturated carbocycles. The summed E-state index contributed by atoms with van der Waals surface area (Å²) in [6.45, 7) is 4.94. The van der Waals surface area contributed by atoms with E-state index in [0.717, 1.165) is 17.0 Å². The molecule has 0 spiro atoms. The Morgan fingerprint density at radius 1 is 1.44 bits per heavy atom. The predicted molar refractivity (Wildman–Crippen MR) is 67.3 cm³/mol. The first kappa shape index (κ1) is 11.9. The Morgan fingerprint density at radius 3 is 2.75 bits per heavy atom. The van der Waals surface area contributed by atoms with Crippen LogP contribution in [0.2, 0.25) is 0 Å². The Kier molecular flexibility index (Phi) is 3.87. The lowest BCUT2D eigenvalue weighted by Gasteiger charge is -2.08. The molecule has 0 bridgehead atoms. The smallest absolute Gasteiger partial charge is 0.137 e. The zero-order valence-electron chi connectivity index (χ0n) is 9.79. The molecule has 1 fully saturated rings. The van der Waals surface area contributed by atoms with E-state index in [-0.39, 0.29) is 5.82 Å². The quantitative estimate of drug-likeness (QED) is 0.788. The second-order valence-electron chi connectivity index (χ2n) is 4.59. The molecule has 1 N–H and O–H groups in total. The van der Waals surface area contributed by atoms with Crippen LogP contribution in [0.15, 0.2) is 23.1 Å². The maximum absolute atomic E-state index is 13.7. The van der Waals surface area contributed by atoms with Gasteiger partial charge in [0.2, 0.25) is 0 Å². The van der Waals surface area contributed by atoms with Crippen molar-refractivity contribution in [3.8, 4) is 0 Å². The van der Waals surface area contributed by atoms with Gasteiger partial charge >= 0.3 is 0 Å². The van der Waals surface area contributed by atoms with Crippen LogP contribution in [-0.2, 0) is 6.54 Å². The Hall–Kier alpha value is -0.540. The van der Waals surface area contributed by atoms with Crippen molar-refractivity contribution in [1.82, 2.24) is 5.32 Å². The first-order chi connectivity index (χ1) is 7.65. The molecule has 0 radical (unpaired) electrons. The minimum absolute atomic E-state index is 0.0891. The highest BCUT2D eigenvalue weighted by atomic mass is 32.2. The fraction of sp³-hybridized carbons (Fsp3) is 0.538. The van der Waals surface area contributed by atoms with E-state index in [1.807, 2.05) is 12.1 Å². The average Bonchev–Trinajstić information content (AvgIpc) is 3.02. The van der Waals surface area contributed by atoms with Crippen molar-refractivity contribution in [2.24, 2.45) is 0 Å². The largest absolute Gasteiger partial charge is 0.310 e. The summed E-state index contributed by atoms with van der Waals surface area (Å²) in [4.78, 5) is 0.755. The molecule has 0 unspecified atom stereocenters. The third-order valence-electron chi connectivity index (χ3n) is 2.53. The van der Waals surface area contributed by atoms with Gasteiger partial charge in [-0.3, -0.25) is 0 Å². The highest BCUT2D eigenvalue weighted by Crippen LogP contribution is 2.26. The van der Waals surface area contributed by atoms with E-state index in [0.29, 0.717) is 11.3 Å². The molecule has 1 aromatic carbocycles. The number of hydrogen-bond acceptors (Lipinski definition) is 2. The van der Waals surface area contributed by atoms with Gasteiger partial charge in [0.25, 0.3) is 0 Å². The summed E-state index contributed by atoms with van der Waals surface area (Å²) in [5.41, 5.74) is 1.04. The summed E-state index contributed by atoms with van der Waals surface area (Å²) < 4.78 is 13.7. The first-order valence-corrected chi connectivity index (χ1v) is 6.71. The van der Waals surface area contributed by atoms with Crippen LogP contribution in [0.5, 0.6) is 0 Å². The van der Waals surface area contributed by atoms with E-state index in [4.69, 9.17) is 0 Å². The lowest BCUT2D eigenvalue weighted by atomic mass is 10.2. The fourth-order valence-corrected chi connectivity index (χ4v) is 2.38. The number of hydrogen-bond donors (Lipinski definition) is 1. The van der Waals surface area contributed by atoms with Crippen molar-refractivity contribution in [2.75, 3.05) is 0 Å². The summed E-state index contributed by atoms with van der Waals surface area (Å²) in [5.74, 6) is -0.0891. The minimum Gasteiger partial charge on any atom is -0.310 e. The maximum atomic E-state index is 13.7. The molecule has 2 rings (SSSR count). The van der Waals surface area contributed by atoms with Gasteiger partial charge in [0.15, 0.2) is 0 Å². The van der Waals surface area contributed by atoms with Gasteiger partial charge in [-0.1, -0.05) is 19.9 Å². The molecule has 3 heteroatoms. The number of benzene rings is 1. The van der Waals surface area contributed by atoms with E-state index >= 15 is 0 Å². The molecule has 0 amide bonds. The highest BCUT2D eigenvalue weighted by molar-refractivity contribution is 7.99. The topological polar surface area (TPSA) is 12.0 Å². The van der Waals surface area contributed by atoms with Crippen LogP contribution >= 0.6 is 11.8 Å². The summed E-state index contributed by atoms with van der Waals surface area (Å²) in [6, 6.07) is 6.24. The second-order valence-corrected chi connectivity index (χ2v) is 6.20. The third-order valence-corrected chi connectivity index (χ3v) is 3.59. The van der Waals surface area contributed by atoms with Crippen LogP contribution in [0.3, 0.4) is 0 Å². The normalized spacial score (nSPS) is 15.8. The van der Waals surface area contributed by atoms with E-state index in [1.54, 1.807) is 17.8 Å². The molecule has 1 aromatic rings. The fourth-order valence-electron chi connectivity index (χ4n) is 1.55. The van der Waals surface area contributed by atoms with Gasteiger partial charge in [-0.05, 0) is 30.5 Å². The second kappa shape index (κ2) is 5.19.